The Labute approximate surface area is 117 Å². The minimum absolute atomic E-state index is 0.460. The van der Waals surface area contributed by atoms with Crippen LogP contribution >= 0.6 is 0 Å². The summed E-state index contributed by atoms with van der Waals surface area (Å²) in [7, 11) is 0. The quantitative estimate of drug-likeness (QED) is 0.822. The number of anilines is 1. The Kier molecular flexibility index (Phi) is 6.22. The van der Waals surface area contributed by atoms with Crippen molar-refractivity contribution in [3.8, 4) is 0 Å². The van der Waals surface area contributed by atoms with Gasteiger partial charge in [-0.05, 0) is 38.7 Å². The van der Waals surface area contributed by atoms with E-state index in [2.05, 4.69) is 49.7 Å². The number of hydrogen-bond acceptors (Lipinski definition) is 4. The summed E-state index contributed by atoms with van der Waals surface area (Å²) in [5.41, 5.74) is 9.55. The van der Waals surface area contributed by atoms with Crippen molar-refractivity contribution < 1.29 is 0 Å². The molecule has 0 bridgehead atoms. The molecule has 108 valence electrons. The fourth-order valence-corrected chi connectivity index (χ4v) is 2.57. The zero-order chi connectivity index (χ0) is 14.4. The van der Waals surface area contributed by atoms with Gasteiger partial charge in [-0.1, -0.05) is 20.8 Å². The average Bonchev–Trinajstić information content (AvgIpc) is 2.46. The van der Waals surface area contributed by atoms with Crippen molar-refractivity contribution in [2.24, 2.45) is 5.73 Å². The van der Waals surface area contributed by atoms with Crippen LogP contribution in [0.2, 0.25) is 0 Å². The van der Waals surface area contributed by atoms with Crippen LogP contribution < -0.4 is 10.6 Å². The molecule has 0 aliphatic rings. The highest BCUT2D eigenvalue weighted by atomic mass is 15.3. The van der Waals surface area contributed by atoms with Gasteiger partial charge in [0.1, 0.15) is 0 Å². The maximum atomic E-state index is 5.99. The zero-order valence-electron chi connectivity index (χ0n) is 13.0. The fraction of sp³-hybridized carbons (Fsp3) is 0.733. The number of aryl methyl sites for hydroxylation is 1. The minimum Gasteiger partial charge on any atom is -0.352 e. The van der Waals surface area contributed by atoms with Gasteiger partial charge in [-0.15, -0.1) is 5.10 Å². The molecule has 0 aliphatic heterocycles. The second kappa shape index (κ2) is 7.43. The molecule has 0 spiro atoms. The molecule has 1 unspecified atom stereocenters. The maximum absolute atomic E-state index is 5.99. The Morgan fingerprint density at radius 2 is 1.74 bits per heavy atom. The number of nitrogens with zero attached hydrogens (tertiary/aromatic N) is 3. The van der Waals surface area contributed by atoms with E-state index in [0.717, 1.165) is 37.3 Å². The summed E-state index contributed by atoms with van der Waals surface area (Å²) in [6.07, 6.45) is 2.98. The van der Waals surface area contributed by atoms with Crippen molar-refractivity contribution in [2.75, 3.05) is 11.4 Å². The van der Waals surface area contributed by atoms with Gasteiger partial charge in [-0.3, -0.25) is 0 Å². The Morgan fingerprint density at radius 3 is 2.16 bits per heavy atom. The molecule has 0 radical (unpaired) electrons. The first-order valence-electron chi connectivity index (χ1n) is 7.48. The lowest BCUT2D eigenvalue weighted by Gasteiger charge is -2.30. The predicted octanol–water partition coefficient (Wildman–Crippen LogP) is 2.68. The number of rotatable bonds is 7. The van der Waals surface area contributed by atoms with E-state index < -0.39 is 0 Å². The molecule has 0 saturated carbocycles. The molecule has 4 nitrogen and oxygen atoms in total. The molecule has 19 heavy (non-hydrogen) atoms. The van der Waals surface area contributed by atoms with Crippen LogP contribution in [0.15, 0.2) is 0 Å². The van der Waals surface area contributed by atoms with Gasteiger partial charge in [0, 0.05) is 24.7 Å². The van der Waals surface area contributed by atoms with E-state index in [4.69, 9.17) is 5.73 Å². The van der Waals surface area contributed by atoms with Gasteiger partial charge in [-0.2, -0.15) is 5.10 Å². The first-order chi connectivity index (χ1) is 9.14. The van der Waals surface area contributed by atoms with Crippen molar-refractivity contribution in [2.45, 2.75) is 66.5 Å². The van der Waals surface area contributed by atoms with Gasteiger partial charge in [0.2, 0.25) is 0 Å². The molecule has 1 atom stereocenters. The molecular weight excluding hydrogens is 236 g/mol. The van der Waals surface area contributed by atoms with E-state index in [1.807, 2.05) is 0 Å². The summed E-state index contributed by atoms with van der Waals surface area (Å²) < 4.78 is 0. The fourth-order valence-electron chi connectivity index (χ4n) is 2.57. The third-order valence-corrected chi connectivity index (χ3v) is 3.88. The smallest absolute Gasteiger partial charge is 0.156 e. The first-order valence-corrected chi connectivity index (χ1v) is 7.48. The lowest BCUT2D eigenvalue weighted by molar-refractivity contribution is 0.612. The largest absolute Gasteiger partial charge is 0.352 e. The summed E-state index contributed by atoms with van der Waals surface area (Å²) in [4.78, 5) is 2.31. The summed E-state index contributed by atoms with van der Waals surface area (Å²) >= 11 is 0. The monoisotopic (exact) mass is 264 g/mol. The molecule has 1 heterocycles. The highest BCUT2D eigenvalue weighted by molar-refractivity contribution is 5.52. The molecule has 1 aromatic heterocycles. The lowest BCUT2D eigenvalue weighted by Crippen LogP contribution is -2.35. The van der Waals surface area contributed by atoms with E-state index in [1.165, 1.54) is 11.1 Å². The van der Waals surface area contributed by atoms with Crippen molar-refractivity contribution >= 4 is 5.82 Å². The first kappa shape index (κ1) is 15.9. The standard InChI is InChI=1S/C15H28N4/c1-6-11(5)19(9-4)15-13(10-16)12(7-2)14(8-3)17-18-15/h11H,6-10,16H2,1-5H3. The number of hydrogen-bond donors (Lipinski definition) is 1. The summed E-state index contributed by atoms with van der Waals surface area (Å²) in [6.45, 7) is 12.3. The zero-order valence-corrected chi connectivity index (χ0v) is 13.0. The molecule has 0 amide bonds. The Balaban J connectivity index is 3.34. The van der Waals surface area contributed by atoms with E-state index in [1.54, 1.807) is 0 Å². The Morgan fingerprint density at radius 1 is 1.05 bits per heavy atom. The minimum atomic E-state index is 0.460. The van der Waals surface area contributed by atoms with E-state index >= 15 is 0 Å². The molecule has 1 aromatic rings. The van der Waals surface area contributed by atoms with Crippen molar-refractivity contribution in [1.82, 2.24) is 10.2 Å². The third kappa shape index (κ3) is 3.24. The molecule has 2 N–H and O–H groups in total. The number of aromatic nitrogens is 2. The Hall–Kier alpha value is -1.16. The van der Waals surface area contributed by atoms with Gasteiger partial charge in [0.05, 0.1) is 5.69 Å². The Bertz CT molecular complexity index is 403. The van der Waals surface area contributed by atoms with Gasteiger partial charge >= 0.3 is 0 Å². The highest BCUT2D eigenvalue weighted by Crippen LogP contribution is 2.25. The molecule has 0 aromatic carbocycles. The van der Waals surface area contributed by atoms with Crippen LogP contribution in [-0.4, -0.2) is 22.8 Å². The number of nitrogens with two attached hydrogens (primary N) is 1. The van der Waals surface area contributed by atoms with E-state index in [0.29, 0.717) is 12.6 Å². The van der Waals surface area contributed by atoms with Crippen LogP contribution in [0, 0.1) is 0 Å². The second-order valence-corrected chi connectivity index (χ2v) is 4.88. The SMILES string of the molecule is CCc1nnc(N(CC)C(C)CC)c(CN)c1CC. The highest BCUT2D eigenvalue weighted by Gasteiger charge is 2.20. The normalized spacial score (nSPS) is 12.5. The van der Waals surface area contributed by atoms with Crippen LogP contribution in [0.3, 0.4) is 0 Å². The topological polar surface area (TPSA) is 55.0 Å². The summed E-state index contributed by atoms with van der Waals surface area (Å²) in [6, 6.07) is 0.460. The van der Waals surface area contributed by atoms with Gasteiger partial charge in [0.15, 0.2) is 5.82 Å². The predicted molar refractivity (Wildman–Crippen MR) is 81.5 cm³/mol. The lowest BCUT2D eigenvalue weighted by atomic mass is 10.0. The van der Waals surface area contributed by atoms with Crippen LogP contribution in [0.4, 0.5) is 5.82 Å². The summed E-state index contributed by atoms with van der Waals surface area (Å²) in [5.74, 6) is 0.980. The van der Waals surface area contributed by atoms with Gasteiger partial charge < -0.3 is 10.6 Å². The summed E-state index contributed by atoms with van der Waals surface area (Å²) in [5, 5.41) is 8.88. The van der Waals surface area contributed by atoms with E-state index in [-0.39, 0.29) is 0 Å². The van der Waals surface area contributed by atoms with Crippen LogP contribution in [0.25, 0.3) is 0 Å². The second-order valence-electron chi connectivity index (χ2n) is 4.88. The van der Waals surface area contributed by atoms with Crippen molar-refractivity contribution in [3.05, 3.63) is 16.8 Å². The molecule has 1 rings (SSSR count). The van der Waals surface area contributed by atoms with E-state index in [9.17, 15) is 0 Å². The van der Waals surface area contributed by atoms with Crippen LogP contribution in [0.1, 0.15) is 57.9 Å². The molecule has 0 fully saturated rings. The molecule has 0 aliphatic carbocycles. The van der Waals surface area contributed by atoms with Gasteiger partial charge in [-0.25, -0.2) is 0 Å². The van der Waals surface area contributed by atoms with Crippen molar-refractivity contribution in [1.29, 1.82) is 0 Å². The van der Waals surface area contributed by atoms with Crippen LogP contribution in [-0.2, 0) is 19.4 Å². The average molecular weight is 264 g/mol. The van der Waals surface area contributed by atoms with Crippen LogP contribution in [0.5, 0.6) is 0 Å². The van der Waals surface area contributed by atoms with Crippen molar-refractivity contribution in [3.63, 3.8) is 0 Å². The molecule has 4 heteroatoms. The molecule has 0 saturated heterocycles. The third-order valence-electron chi connectivity index (χ3n) is 3.88. The van der Waals surface area contributed by atoms with Gasteiger partial charge in [0.25, 0.3) is 0 Å². The maximum Gasteiger partial charge on any atom is 0.156 e. The molecular formula is C15H28N4.